The number of hydrogen-bond donors (Lipinski definition) is 1. The van der Waals surface area contributed by atoms with Gasteiger partial charge in [0.25, 0.3) is 5.91 Å². The third-order valence-electron chi connectivity index (χ3n) is 4.70. The number of benzene rings is 2. The van der Waals surface area contributed by atoms with E-state index in [1.807, 2.05) is 6.92 Å². The van der Waals surface area contributed by atoms with Crippen LogP contribution in [0.5, 0.6) is 0 Å². The van der Waals surface area contributed by atoms with Crippen molar-refractivity contribution in [3.05, 3.63) is 71.3 Å². The number of nitrogens with zero attached hydrogens (tertiary/aromatic N) is 1. The van der Waals surface area contributed by atoms with E-state index in [0.29, 0.717) is 18.4 Å². The van der Waals surface area contributed by atoms with Crippen molar-refractivity contribution in [1.29, 1.82) is 0 Å². The maximum atomic E-state index is 13.9. The first-order chi connectivity index (χ1) is 12.5. The zero-order valence-electron chi connectivity index (χ0n) is 14.5. The van der Waals surface area contributed by atoms with Gasteiger partial charge in [0.2, 0.25) is 0 Å². The molecule has 0 radical (unpaired) electrons. The van der Waals surface area contributed by atoms with Crippen molar-refractivity contribution in [3.63, 3.8) is 0 Å². The van der Waals surface area contributed by atoms with Crippen LogP contribution in [-0.2, 0) is 16.9 Å². The van der Waals surface area contributed by atoms with E-state index in [2.05, 4.69) is 5.32 Å². The van der Waals surface area contributed by atoms with E-state index >= 15 is 0 Å². The Kier molecular flexibility index (Phi) is 5.02. The minimum absolute atomic E-state index is 0.146. The van der Waals surface area contributed by atoms with Crippen molar-refractivity contribution in [3.8, 4) is 0 Å². The second-order valence-electron chi connectivity index (χ2n) is 6.43. The third kappa shape index (κ3) is 3.19. The SMILES string of the molecule is CCCCC1(c2ccc(F)cc2)NC(=O)N(Cc2ccccc2F)C1=O. The van der Waals surface area contributed by atoms with Crippen molar-refractivity contribution in [2.24, 2.45) is 0 Å². The molecule has 1 saturated heterocycles. The van der Waals surface area contributed by atoms with Gasteiger partial charge in [0.1, 0.15) is 17.2 Å². The highest BCUT2D eigenvalue weighted by molar-refractivity contribution is 6.07. The Hall–Kier alpha value is -2.76. The van der Waals surface area contributed by atoms with Crippen LogP contribution in [0.15, 0.2) is 48.5 Å². The molecule has 0 aliphatic carbocycles. The van der Waals surface area contributed by atoms with Gasteiger partial charge in [-0.25, -0.2) is 13.6 Å². The first kappa shape index (κ1) is 18.0. The number of amides is 3. The van der Waals surface area contributed by atoms with Crippen LogP contribution in [0, 0.1) is 11.6 Å². The van der Waals surface area contributed by atoms with E-state index in [4.69, 9.17) is 0 Å². The lowest BCUT2D eigenvalue weighted by atomic mass is 9.84. The molecular formula is C20H20F2N2O2. The minimum Gasteiger partial charge on any atom is -0.319 e. The fourth-order valence-electron chi connectivity index (χ4n) is 3.25. The van der Waals surface area contributed by atoms with Crippen LogP contribution in [0.1, 0.15) is 37.3 Å². The van der Waals surface area contributed by atoms with Gasteiger partial charge in [-0.15, -0.1) is 0 Å². The van der Waals surface area contributed by atoms with Gasteiger partial charge in [0.05, 0.1) is 6.54 Å². The van der Waals surface area contributed by atoms with Crippen LogP contribution in [-0.4, -0.2) is 16.8 Å². The van der Waals surface area contributed by atoms with Gasteiger partial charge in [0, 0.05) is 5.56 Å². The summed E-state index contributed by atoms with van der Waals surface area (Å²) in [7, 11) is 0. The van der Waals surface area contributed by atoms with Gasteiger partial charge < -0.3 is 5.32 Å². The van der Waals surface area contributed by atoms with Gasteiger partial charge in [-0.1, -0.05) is 50.1 Å². The molecule has 1 aliphatic rings. The van der Waals surface area contributed by atoms with Gasteiger partial charge >= 0.3 is 6.03 Å². The number of nitrogens with one attached hydrogen (secondary N) is 1. The molecule has 1 N–H and O–H groups in total. The number of hydrogen-bond acceptors (Lipinski definition) is 2. The Labute approximate surface area is 150 Å². The van der Waals surface area contributed by atoms with Crippen LogP contribution in [0.25, 0.3) is 0 Å². The zero-order valence-corrected chi connectivity index (χ0v) is 14.5. The van der Waals surface area contributed by atoms with Gasteiger partial charge in [-0.2, -0.15) is 0 Å². The summed E-state index contributed by atoms with van der Waals surface area (Å²) in [6, 6.07) is 11.0. The Balaban J connectivity index is 1.96. The predicted octanol–water partition coefficient (Wildman–Crippen LogP) is 4.10. The van der Waals surface area contributed by atoms with Crippen molar-refractivity contribution in [1.82, 2.24) is 10.2 Å². The van der Waals surface area contributed by atoms with Crippen molar-refractivity contribution in [2.45, 2.75) is 38.3 Å². The molecule has 1 atom stereocenters. The fourth-order valence-corrected chi connectivity index (χ4v) is 3.25. The molecule has 0 saturated carbocycles. The molecule has 1 heterocycles. The average molecular weight is 358 g/mol. The second-order valence-corrected chi connectivity index (χ2v) is 6.43. The first-order valence-electron chi connectivity index (χ1n) is 8.61. The number of urea groups is 1. The maximum absolute atomic E-state index is 13.9. The monoisotopic (exact) mass is 358 g/mol. The van der Waals surface area contributed by atoms with Gasteiger partial charge in [-0.05, 0) is 30.2 Å². The van der Waals surface area contributed by atoms with Crippen molar-refractivity contribution in [2.75, 3.05) is 0 Å². The number of carbonyl (C=O) groups excluding carboxylic acids is 2. The molecule has 3 rings (SSSR count). The highest BCUT2D eigenvalue weighted by atomic mass is 19.1. The lowest BCUT2D eigenvalue weighted by molar-refractivity contribution is -0.132. The minimum atomic E-state index is -1.24. The highest BCUT2D eigenvalue weighted by Gasteiger charge is 2.51. The maximum Gasteiger partial charge on any atom is 0.325 e. The summed E-state index contributed by atoms with van der Waals surface area (Å²) in [6.07, 6.45) is 1.93. The molecule has 4 nitrogen and oxygen atoms in total. The van der Waals surface area contributed by atoms with E-state index in [1.54, 1.807) is 18.2 Å². The number of imide groups is 1. The summed E-state index contributed by atoms with van der Waals surface area (Å²) in [4.78, 5) is 26.7. The normalized spacial score (nSPS) is 19.7. The van der Waals surface area contributed by atoms with Crippen molar-refractivity contribution >= 4 is 11.9 Å². The Bertz CT molecular complexity index is 823. The largest absolute Gasteiger partial charge is 0.325 e. The third-order valence-corrected chi connectivity index (χ3v) is 4.70. The van der Waals surface area contributed by atoms with Gasteiger partial charge in [0.15, 0.2) is 0 Å². The van der Waals surface area contributed by atoms with E-state index in [-0.39, 0.29) is 12.1 Å². The number of carbonyl (C=O) groups is 2. The topological polar surface area (TPSA) is 49.4 Å². The molecule has 2 aromatic rings. The van der Waals surface area contributed by atoms with E-state index in [9.17, 15) is 18.4 Å². The van der Waals surface area contributed by atoms with E-state index < -0.39 is 29.1 Å². The first-order valence-corrected chi connectivity index (χ1v) is 8.61. The molecule has 0 spiro atoms. The number of rotatable bonds is 6. The summed E-state index contributed by atoms with van der Waals surface area (Å²) in [5, 5.41) is 2.77. The molecule has 6 heteroatoms. The summed E-state index contributed by atoms with van der Waals surface area (Å²) in [5.41, 5.74) is -0.449. The summed E-state index contributed by atoms with van der Waals surface area (Å²) >= 11 is 0. The number of unbranched alkanes of at least 4 members (excludes halogenated alkanes) is 1. The van der Waals surface area contributed by atoms with Crippen LogP contribution in [0.4, 0.5) is 13.6 Å². The lowest BCUT2D eigenvalue weighted by Crippen LogP contribution is -2.44. The standard InChI is InChI=1S/C20H20F2N2O2/c1-2-3-12-20(15-8-10-16(21)11-9-15)18(25)24(19(26)23-20)13-14-6-4-5-7-17(14)22/h4-11H,2-3,12-13H2,1H3,(H,23,26). The molecule has 0 aromatic heterocycles. The summed E-state index contributed by atoms with van der Waals surface area (Å²) < 4.78 is 27.3. The molecular weight excluding hydrogens is 338 g/mol. The van der Waals surface area contributed by atoms with Crippen molar-refractivity contribution < 1.29 is 18.4 Å². The second kappa shape index (κ2) is 7.23. The van der Waals surface area contributed by atoms with Crippen LogP contribution < -0.4 is 5.32 Å². The van der Waals surface area contributed by atoms with Crippen LogP contribution in [0.2, 0.25) is 0 Å². The average Bonchev–Trinajstić information content (AvgIpc) is 2.87. The Morgan fingerprint density at radius 1 is 1.04 bits per heavy atom. The zero-order chi connectivity index (χ0) is 18.7. The number of halogens is 2. The molecule has 2 aromatic carbocycles. The molecule has 1 unspecified atom stereocenters. The highest BCUT2D eigenvalue weighted by Crippen LogP contribution is 2.35. The molecule has 136 valence electrons. The summed E-state index contributed by atoms with van der Waals surface area (Å²) in [5.74, 6) is -1.33. The molecule has 3 amide bonds. The Morgan fingerprint density at radius 3 is 2.38 bits per heavy atom. The van der Waals surface area contributed by atoms with E-state index in [1.165, 1.54) is 30.3 Å². The van der Waals surface area contributed by atoms with E-state index in [0.717, 1.165) is 11.3 Å². The van der Waals surface area contributed by atoms with Crippen LogP contribution in [0.3, 0.4) is 0 Å². The molecule has 0 bridgehead atoms. The van der Waals surface area contributed by atoms with Crippen LogP contribution >= 0.6 is 0 Å². The van der Waals surface area contributed by atoms with Gasteiger partial charge in [-0.3, -0.25) is 9.69 Å². The summed E-state index contributed by atoms with van der Waals surface area (Å²) in [6.45, 7) is 1.84. The smallest absolute Gasteiger partial charge is 0.319 e. The predicted molar refractivity (Wildman–Crippen MR) is 93.1 cm³/mol. The Morgan fingerprint density at radius 2 is 1.73 bits per heavy atom. The molecule has 26 heavy (non-hydrogen) atoms. The quantitative estimate of drug-likeness (QED) is 0.791. The molecule has 1 fully saturated rings. The lowest BCUT2D eigenvalue weighted by Gasteiger charge is -2.27. The fraction of sp³-hybridized carbons (Fsp3) is 0.300. The molecule has 1 aliphatic heterocycles.